The van der Waals surface area contributed by atoms with Crippen LogP contribution in [0.5, 0.6) is 0 Å². The minimum Gasteiger partial charge on any atom is -0.458 e. The third-order valence-corrected chi connectivity index (χ3v) is 3.85. The van der Waals surface area contributed by atoms with E-state index in [4.69, 9.17) is 10.2 Å². The predicted molar refractivity (Wildman–Crippen MR) is 91.7 cm³/mol. The first-order valence-electron chi connectivity index (χ1n) is 7.20. The van der Waals surface area contributed by atoms with Gasteiger partial charge in [0.25, 0.3) is 5.91 Å². The minimum absolute atomic E-state index is 0.0369. The molecular weight excluding hydrogens is 344 g/mol. The number of carbonyl (C=O) groups excluding carboxylic acids is 2. The molecule has 3 aromatic heterocycles. The molecule has 0 aromatic carbocycles. The van der Waals surface area contributed by atoms with Crippen LogP contribution in [0.3, 0.4) is 0 Å². The van der Waals surface area contributed by atoms with Crippen LogP contribution in [0.4, 0.5) is 10.9 Å². The Kier molecular flexibility index (Phi) is 4.70. The van der Waals surface area contributed by atoms with E-state index in [1.165, 1.54) is 30.7 Å². The molecule has 0 unspecified atom stereocenters. The van der Waals surface area contributed by atoms with E-state index < -0.39 is 5.91 Å². The van der Waals surface area contributed by atoms with Gasteiger partial charge in [0.15, 0.2) is 22.4 Å². The lowest BCUT2D eigenvalue weighted by molar-refractivity contribution is -0.119. The SMILES string of the molecule is CC(=O)NCc1ccc(-c2csc(NC(=O)c3nccnc3N)n2)o1. The minimum atomic E-state index is -0.489. The van der Waals surface area contributed by atoms with Crippen LogP contribution in [0.1, 0.15) is 23.2 Å². The molecule has 0 saturated carbocycles. The summed E-state index contributed by atoms with van der Waals surface area (Å²) in [5.41, 5.74) is 6.24. The molecule has 0 aliphatic carbocycles. The Labute approximate surface area is 146 Å². The van der Waals surface area contributed by atoms with Gasteiger partial charge < -0.3 is 15.5 Å². The highest BCUT2D eigenvalue weighted by molar-refractivity contribution is 7.14. The van der Waals surface area contributed by atoms with Gasteiger partial charge in [-0.1, -0.05) is 0 Å². The molecule has 0 saturated heterocycles. The second-order valence-electron chi connectivity index (χ2n) is 4.96. The summed E-state index contributed by atoms with van der Waals surface area (Å²) in [4.78, 5) is 35.1. The lowest BCUT2D eigenvalue weighted by Gasteiger charge is -2.02. The van der Waals surface area contributed by atoms with Gasteiger partial charge in [-0.05, 0) is 12.1 Å². The van der Waals surface area contributed by atoms with E-state index in [1.807, 2.05) is 0 Å². The van der Waals surface area contributed by atoms with Gasteiger partial charge in [0, 0.05) is 24.7 Å². The maximum atomic E-state index is 12.1. The molecule has 3 heterocycles. The second kappa shape index (κ2) is 7.09. The van der Waals surface area contributed by atoms with E-state index >= 15 is 0 Å². The summed E-state index contributed by atoms with van der Waals surface area (Å²) >= 11 is 1.24. The topological polar surface area (TPSA) is 136 Å². The number of nitrogen functional groups attached to an aromatic ring is 1. The molecule has 9 nitrogen and oxygen atoms in total. The highest BCUT2D eigenvalue weighted by Crippen LogP contribution is 2.27. The Morgan fingerprint density at radius 1 is 1.28 bits per heavy atom. The smallest absolute Gasteiger partial charge is 0.279 e. The standard InChI is InChI=1S/C15H14N6O3S/c1-8(22)19-6-9-2-3-11(24-9)10-7-25-15(20-10)21-14(23)12-13(16)18-5-4-17-12/h2-5,7H,6H2,1H3,(H2,16,18)(H,19,22)(H,20,21,23). The Balaban J connectivity index is 1.69. The molecular formula is C15H14N6O3S. The molecule has 0 spiro atoms. The number of rotatable bonds is 5. The van der Waals surface area contributed by atoms with Crippen LogP contribution < -0.4 is 16.4 Å². The number of amides is 2. The molecule has 0 aliphatic heterocycles. The van der Waals surface area contributed by atoms with Crippen molar-refractivity contribution in [3.8, 4) is 11.5 Å². The fraction of sp³-hybridized carbons (Fsp3) is 0.133. The number of anilines is 2. The number of thiazole rings is 1. The Bertz CT molecular complexity index is 919. The van der Waals surface area contributed by atoms with Gasteiger partial charge in [-0.15, -0.1) is 11.3 Å². The maximum absolute atomic E-state index is 12.1. The zero-order valence-corrected chi connectivity index (χ0v) is 14.0. The predicted octanol–water partition coefficient (Wildman–Crippen LogP) is 1.66. The summed E-state index contributed by atoms with van der Waals surface area (Å²) in [6.45, 7) is 1.73. The first-order valence-corrected chi connectivity index (χ1v) is 8.08. The van der Waals surface area contributed by atoms with E-state index in [1.54, 1.807) is 17.5 Å². The highest BCUT2D eigenvalue weighted by Gasteiger charge is 2.15. The molecule has 10 heteroatoms. The monoisotopic (exact) mass is 358 g/mol. The van der Waals surface area contributed by atoms with E-state index in [2.05, 4.69) is 25.6 Å². The van der Waals surface area contributed by atoms with E-state index in [-0.39, 0.29) is 17.4 Å². The lowest BCUT2D eigenvalue weighted by atomic mass is 10.3. The third kappa shape index (κ3) is 3.98. The van der Waals surface area contributed by atoms with Crippen LogP contribution >= 0.6 is 11.3 Å². The van der Waals surface area contributed by atoms with Crippen molar-refractivity contribution in [2.75, 3.05) is 11.1 Å². The van der Waals surface area contributed by atoms with Gasteiger partial charge in [0.05, 0.1) is 6.54 Å². The van der Waals surface area contributed by atoms with Crippen molar-refractivity contribution in [1.82, 2.24) is 20.3 Å². The molecule has 0 aliphatic rings. The molecule has 25 heavy (non-hydrogen) atoms. The van der Waals surface area contributed by atoms with Crippen LogP contribution in [0.25, 0.3) is 11.5 Å². The van der Waals surface area contributed by atoms with E-state index in [0.717, 1.165) is 0 Å². The third-order valence-electron chi connectivity index (χ3n) is 3.09. The van der Waals surface area contributed by atoms with Crippen molar-refractivity contribution in [2.24, 2.45) is 0 Å². The summed E-state index contributed by atoms with van der Waals surface area (Å²) in [6, 6.07) is 3.50. The van der Waals surface area contributed by atoms with Crippen LogP contribution in [0.2, 0.25) is 0 Å². The largest absolute Gasteiger partial charge is 0.458 e. The number of carbonyl (C=O) groups is 2. The fourth-order valence-electron chi connectivity index (χ4n) is 1.95. The quantitative estimate of drug-likeness (QED) is 0.631. The molecule has 3 rings (SSSR count). The first-order chi connectivity index (χ1) is 12.0. The summed E-state index contributed by atoms with van der Waals surface area (Å²) in [6.07, 6.45) is 2.79. The molecule has 0 bridgehead atoms. The average Bonchev–Trinajstić information content (AvgIpc) is 3.22. The zero-order chi connectivity index (χ0) is 17.8. The van der Waals surface area contributed by atoms with Gasteiger partial charge in [0.2, 0.25) is 5.91 Å². The number of hydrogen-bond donors (Lipinski definition) is 3. The van der Waals surface area contributed by atoms with E-state index in [9.17, 15) is 9.59 Å². The van der Waals surface area contributed by atoms with Crippen LogP contribution in [0, 0.1) is 0 Å². The molecule has 0 fully saturated rings. The van der Waals surface area contributed by atoms with Gasteiger partial charge in [0.1, 0.15) is 11.5 Å². The summed E-state index contributed by atoms with van der Waals surface area (Å²) in [5.74, 6) is 0.565. The summed E-state index contributed by atoms with van der Waals surface area (Å²) < 4.78 is 5.62. The highest BCUT2D eigenvalue weighted by atomic mass is 32.1. The molecule has 0 atom stereocenters. The Morgan fingerprint density at radius 2 is 2.08 bits per heavy atom. The van der Waals surface area contributed by atoms with Crippen molar-refractivity contribution >= 4 is 34.1 Å². The number of nitrogens with zero attached hydrogens (tertiary/aromatic N) is 3. The Morgan fingerprint density at radius 3 is 2.84 bits per heavy atom. The Hall–Kier alpha value is -3.27. The molecule has 0 radical (unpaired) electrons. The van der Waals surface area contributed by atoms with Crippen LogP contribution in [0.15, 0.2) is 34.3 Å². The van der Waals surface area contributed by atoms with Gasteiger partial charge >= 0.3 is 0 Å². The fourth-order valence-corrected chi connectivity index (χ4v) is 2.64. The van der Waals surface area contributed by atoms with Crippen molar-refractivity contribution in [1.29, 1.82) is 0 Å². The van der Waals surface area contributed by atoms with Crippen molar-refractivity contribution in [2.45, 2.75) is 13.5 Å². The second-order valence-corrected chi connectivity index (χ2v) is 5.82. The van der Waals surface area contributed by atoms with Gasteiger partial charge in [-0.2, -0.15) is 0 Å². The van der Waals surface area contributed by atoms with Gasteiger partial charge in [-0.25, -0.2) is 15.0 Å². The normalized spacial score (nSPS) is 10.4. The van der Waals surface area contributed by atoms with Crippen LogP contribution in [-0.2, 0) is 11.3 Å². The molecule has 3 aromatic rings. The molecule has 128 valence electrons. The lowest BCUT2D eigenvalue weighted by Crippen LogP contribution is -2.18. The maximum Gasteiger partial charge on any atom is 0.279 e. The average molecular weight is 358 g/mol. The van der Waals surface area contributed by atoms with Crippen molar-refractivity contribution in [3.63, 3.8) is 0 Å². The number of nitrogens with one attached hydrogen (secondary N) is 2. The molecule has 2 amide bonds. The first kappa shape index (κ1) is 16.6. The number of nitrogens with two attached hydrogens (primary N) is 1. The summed E-state index contributed by atoms with van der Waals surface area (Å²) in [5, 5.41) is 7.40. The number of hydrogen-bond acceptors (Lipinski definition) is 8. The van der Waals surface area contributed by atoms with Gasteiger partial charge in [-0.3, -0.25) is 14.9 Å². The van der Waals surface area contributed by atoms with Crippen molar-refractivity contribution in [3.05, 3.63) is 41.4 Å². The number of furan rings is 1. The zero-order valence-electron chi connectivity index (χ0n) is 13.1. The van der Waals surface area contributed by atoms with E-state index in [0.29, 0.717) is 28.9 Å². The van der Waals surface area contributed by atoms with Crippen molar-refractivity contribution < 1.29 is 14.0 Å². The van der Waals surface area contributed by atoms with Crippen LogP contribution in [-0.4, -0.2) is 26.8 Å². The number of aromatic nitrogens is 3. The summed E-state index contributed by atoms with van der Waals surface area (Å²) in [7, 11) is 0. The molecule has 4 N–H and O–H groups in total.